The van der Waals surface area contributed by atoms with Crippen LogP contribution in [0.3, 0.4) is 0 Å². The van der Waals surface area contributed by atoms with Gasteiger partial charge in [-0.15, -0.1) is 0 Å². The second-order valence-corrected chi connectivity index (χ2v) is 10.7. The number of ketones is 1. The fourth-order valence-corrected chi connectivity index (χ4v) is 6.16. The van der Waals surface area contributed by atoms with E-state index in [-0.39, 0.29) is 17.2 Å². The van der Waals surface area contributed by atoms with Gasteiger partial charge in [-0.1, -0.05) is 45.0 Å². The van der Waals surface area contributed by atoms with Crippen LogP contribution in [0.2, 0.25) is 0 Å². The van der Waals surface area contributed by atoms with Crippen molar-refractivity contribution in [3.05, 3.63) is 35.4 Å². The summed E-state index contributed by atoms with van der Waals surface area (Å²) in [7, 11) is 0. The van der Waals surface area contributed by atoms with Crippen molar-refractivity contribution in [3.8, 4) is 0 Å². The Balaban J connectivity index is 1.45. The lowest BCUT2D eigenvalue weighted by Gasteiger charge is -2.58. The molecular formula is C24H32O4. The topological polar surface area (TPSA) is 63.6 Å². The normalized spacial score (nSPS) is 34.9. The zero-order valence-corrected chi connectivity index (χ0v) is 17.5. The molecule has 4 aliphatic rings. The summed E-state index contributed by atoms with van der Waals surface area (Å²) in [6.07, 6.45) is 4.02. The number of rotatable bonds is 4. The largest absolute Gasteiger partial charge is 0.454 e. The maximum absolute atomic E-state index is 13.1. The predicted octanol–water partition coefficient (Wildman–Crippen LogP) is 4.43. The molecule has 1 aromatic carbocycles. The number of aliphatic hydroxyl groups is 1. The Kier molecular flexibility index (Phi) is 4.50. The van der Waals surface area contributed by atoms with Crippen molar-refractivity contribution in [3.63, 3.8) is 0 Å². The Morgan fingerprint density at radius 3 is 2.14 bits per heavy atom. The summed E-state index contributed by atoms with van der Waals surface area (Å²) < 4.78 is 5.69. The van der Waals surface area contributed by atoms with E-state index in [1.807, 2.05) is 24.3 Å². The highest BCUT2D eigenvalue weighted by Crippen LogP contribution is 2.62. The van der Waals surface area contributed by atoms with E-state index in [2.05, 4.69) is 20.8 Å². The van der Waals surface area contributed by atoms with Crippen molar-refractivity contribution in [2.75, 3.05) is 0 Å². The zero-order valence-electron chi connectivity index (χ0n) is 17.5. The molecule has 4 aliphatic carbocycles. The molecule has 0 aliphatic heterocycles. The number of esters is 1. The zero-order chi connectivity index (χ0) is 20.3. The molecule has 4 bridgehead atoms. The third-order valence-corrected chi connectivity index (χ3v) is 7.15. The van der Waals surface area contributed by atoms with Crippen LogP contribution in [0.4, 0.5) is 0 Å². The van der Waals surface area contributed by atoms with Crippen LogP contribution in [0.25, 0.3) is 0 Å². The average Bonchev–Trinajstić information content (AvgIpc) is 2.58. The lowest BCUT2D eigenvalue weighted by Crippen LogP contribution is -2.58. The lowest BCUT2D eigenvalue weighted by atomic mass is 9.48. The summed E-state index contributed by atoms with van der Waals surface area (Å²) in [5, 5.41) is 10.9. The Morgan fingerprint density at radius 2 is 1.64 bits per heavy atom. The number of hydrogen-bond acceptors (Lipinski definition) is 4. The molecule has 5 rings (SSSR count). The van der Waals surface area contributed by atoms with Crippen molar-refractivity contribution in [2.24, 2.45) is 17.3 Å². The van der Waals surface area contributed by atoms with Crippen molar-refractivity contribution < 1.29 is 19.4 Å². The van der Waals surface area contributed by atoms with Crippen LogP contribution in [0, 0.1) is 17.3 Å². The molecule has 4 heteroatoms. The van der Waals surface area contributed by atoms with E-state index in [1.54, 1.807) is 6.92 Å². The number of hydrogen-bond donors (Lipinski definition) is 1. The van der Waals surface area contributed by atoms with E-state index in [4.69, 9.17) is 4.74 Å². The van der Waals surface area contributed by atoms with Crippen molar-refractivity contribution in [1.82, 2.24) is 0 Å². The third-order valence-electron chi connectivity index (χ3n) is 7.15. The highest BCUT2D eigenvalue weighted by Gasteiger charge is 2.61. The van der Waals surface area contributed by atoms with E-state index in [0.29, 0.717) is 23.8 Å². The smallest absolute Gasteiger partial charge is 0.312 e. The molecule has 0 unspecified atom stereocenters. The summed E-state index contributed by atoms with van der Waals surface area (Å²) in [5.74, 6) is 0.369. The Bertz CT molecular complexity index is 772. The number of carbonyl (C=O) groups is 2. The first-order valence-corrected chi connectivity index (χ1v) is 10.6. The van der Waals surface area contributed by atoms with Crippen LogP contribution in [0.1, 0.15) is 82.1 Å². The number of carbonyl (C=O) groups excluding carboxylic acids is 2. The van der Waals surface area contributed by atoms with Gasteiger partial charge in [0, 0.05) is 5.56 Å². The molecule has 0 spiro atoms. The first-order valence-electron chi connectivity index (χ1n) is 10.6. The molecule has 0 amide bonds. The second-order valence-electron chi connectivity index (χ2n) is 10.7. The monoisotopic (exact) mass is 384 g/mol. The molecule has 152 valence electrons. The SMILES string of the molecule is C[C@@H](OC(=O)C12C[C@H]3C[C@@H](CC(O)(C3)C1)C2)C(=O)c1ccc(C(C)(C)C)cc1. The van der Waals surface area contributed by atoms with Gasteiger partial charge in [-0.2, -0.15) is 0 Å². The summed E-state index contributed by atoms with van der Waals surface area (Å²) in [6.45, 7) is 8.06. The molecule has 4 fully saturated rings. The number of benzene rings is 1. The van der Waals surface area contributed by atoms with Gasteiger partial charge in [0.25, 0.3) is 0 Å². The maximum Gasteiger partial charge on any atom is 0.312 e. The summed E-state index contributed by atoms with van der Waals surface area (Å²) in [4.78, 5) is 25.9. The van der Waals surface area contributed by atoms with Crippen LogP contribution in [-0.4, -0.2) is 28.6 Å². The summed E-state index contributed by atoms with van der Waals surface area (Å²) >= 11 is 0. The first kappa shape index (κ1) is 19.6. The maximum atomic E-state index is 13.1. The van der Waals surface area contributed by atoms with Crippen molar-refractivity contribution in [2.45, 2.75) is 83.3 Å². The van der Waals surface area contributed by atoms with Crippen LogP contribution in [0.5, 0.6) is 0 Å². The van der Waals surface area contributed by atoms with E-state index in [0.717, 1.165) is 37.7 Å². The molecule has 0 saturated heterocycles. The third kappa shape index (κ3) is 3.41. The minimum atomic E-state index is -0.810. The molecule has 3 atom stereocenters. The van der Waals surface area contributed by atoms with Gasteiger partial charge < -0.3 is 9.84 Å². The molecule has 1 aromatic rings. The van der Waals surface area contributed by atoms with E-state index < -0.39 is 17.1 Å². The van der Waals surface area contributed by atoms with Gasteiger partial charge in [0.05, 0.1) is 11.0 Å². The van der Waals surface area contributed by atoms with Gasteiger partial charge in [-0.3, -0.25) is 9.59 Å². The average molecular weight is 385 g/mol. The molecule has 0 aromatic heterocycles. The molecule has 0 radical (unpaired) electrons. The van der Waals surface area contributed by atoms with E-state index in [9.17, 15) is 14.7 Å². The van der Waals surface area contributed by atoms with Crippen molar-refractivity contribution in [1.29, 1.82) is 0 Å². The first-order chi connectivity index (χ1) is 13.0. The highest BCUT2D eigenvalue weighted by molar-refractivity contribution is 6.00. The van der Waals surface area contributed by atoms with Gasteiger partial charge >= 0.3 is 5.97 Å². The molecule has 1 N–H and O–H groups in total. The van der Waals surface area contributed by atoms with Crippen LogP contribution in [-0.2, 0) is 14.9 Å². The van der Waals surface area contributed by atoms with Gasteiger partial charge in [0.1, 0.15) is 0 Å². The van der Waals surface area contributed by atoms with Gasteiger partial charge in [-0.05, 0) is 68.3 Å². The van der Waals surface area contributed by atoms with E-state index >= 15 is 0 Å². The number of ether oxygens (including phenoxy) is 1. The van der Waals surface area contributed by atoms with E-state index in [1.165, 1.54) is 0 Å². The summed E-state index contributed by atoms with van der Waals surface area (Å²) in [5.41, 5.74) is 0.453. The van der Waals surface area contributed by atoms with Gasteiger partial charge in [0.2, 0.25) is 5.78 Å². The minimum Gasteiger partial charge on any atom is -0.454 e. The Morgan fingerprint density at radius 1 is 1.07 bits per heavy atom. The van der Waals surface area contributed by atoms with Gasteiger partial charge in [-0.25, -0.2) is 0 Å². The lowest BCUT2D eigenvalue weighted by molar-refractivity contribution is -0.197. The van der Waals surface area contributed by atoms with Crippen LogP contribution in [0.15, 0.2) is 24.3 Å². The standard InChI is InChI=1S/C24H32O4/c1-15(20(25)18-5-7-19(8-6-18)22(2,3)4)28-21(26)23-10-16-9-17(11-23)13-24(27,12-16)14-23/h5-8,15-17,27H,9-14H2,1-4H3/t15-,16-,17-,23?,24?/m1/s1. The molecule has 28 heavy (non-hydrogen) atoms. The molecule has 0 heterocycles. The molecule has 4 saturated carbocycles. The fourth-order valence-electron chi connectivity index (χ4n) is 6.16. The minimum absolute atomic E-state index is 0.0262. The Labute approximate surface area is 167 Å². The van der Waals surface area contributed by atoms with Gasteiger partial charge in [0.15, 0.2) is 6.10 Å². The fraction of sp³-hybridized carbons (Fsp3) is 0.667. The molecule has 4 nitrogen and oxygen atoms in total. The molecular weight excluding hydrogens is 352 g/mol. The van der Waals surface area contributed by atoms with Crippen LogP contribution < -0.4 is 0 Å². The predicted molar refractivity (Wildman–Crippen MR) is 107 cm³/mol. The highest BCUT2D eigenvalue weighted by atomic mass is 16.5. The Hall–Kier alpha value is -1.68. The van der Waals surface area contributed by atoms with Crippen LogP contribution >= 0.6 is 0 Å². The van der Waals surface area contributed by atoms with Crippen molar-refractivity contribution >= 4 is 11.8 Å². The quantitative estimate of drug-likeness (QED) is 0.616. The summed E-state index contributed by atoms with van der Waals surface area (Å²) in [6, 6.07) is 7.58. The number of Topliss-reactive ketones (excluding diaryl/α,β-unsaturated/α-hetero) is 1. The second kappa shape index (κ2) is 6.41.